The van der Waals surface area contributed by atoms with Gasteiger partial charge in [0.25, 0.3) is 0 Å². The van der Waals surface area contributed by atoms with Crippen molar-refractivity contribution >= 4 is 21.1 Å². The molecule has 0 unspecified atom stereocenters. The Balaban J connectivity index is 2.41. The van der Waals surface area contributed by atoms with E-state index in [0.717, 1.165) is 13.1 Å². The van der Waals surface area contributed by atoms with Crippen molar-refractivity contribution in [2.24, 2.45) is 0 Å². The van der Waals surface area contributed by atoms with Gasteiger partial charge in [0.1, 0.15) is 0 Å². The van der Waals surface area contributed by atoms with Crippen LogP contribution in [0.2, 0.25) is 3.43 Å². The molecule has 2 radical (unpaired) electrons. The normalized spacial score (nSPS) is 19.2. The first-order valence-electron chi connectivity index (χ1n) is 5.32. The average Bonchev–Trinajstić information content (AvgIpc) is 2.06. The van der Waals surface area contributed by atoms with Gasteiger partial charge in [-0.25, -0.2) is 0 Å². The van der Waals surface area contributed by atoms with E-state index in [1.807, 2.05) is 6.08 Å². The fraction of sp³-hybridized carbons (Fsp3) is 0.667. The van der Waals surface area contributed by atoms with E-state index >= 15 is 0 Å². The molecule has 0 aromatic carbocycles. The van der Waals surface area contributed by atoms with Crippen LogP contribution in [0.1, 0.15) is 27.2 Å². The molecule has 0 bridgehead atoms. The molecule has 0 aliphatic carbocycles. The van der Waals surface area contributed by atoms with Crippen molar-refractivity contribution in [1.29, 1.82) is 0 Å². The third-order valence-electron chi connectivity index (χ3n) is 2.22. The van der Waals surface area contributed by atoms with E-state index in [1.165, 1.54) is 13.0 Å². The molecular weight excluding hydrogens is 277 g/mol. The maximum absolute atomic E-state index is 3.78. The summed E-state index contributed by atoms with van der Waals surface area (Å²) in [7, 11) is 0. The molecule has 1 nitrogen and oxygen atoms in total. The molecule has 0 aromatic rings. The number of nitrogens with zero attached hydrogens (tertiary/aromatic N) is 1. The van der Waals surface area contributed by atoms with Crippen LogP contribution in [0.15, 0.2) is 22.3 Å². The second kappa shape index (κ2) is 5.36. The zero-order chi connectivity index (χ0) is 10.6. The van der Waals surface area contributed by atoms with Crippen LogP contribution in [0.25, 0.3) is 0 Å². The average molecular weight is 298 g/mol. The summed E-state index contributed by atoms with van der Waals surface area (Å²) >= 11 is -0.308. The van der Waals surface area contributed by atoms with Gasteiger partial charge in [-0.3, -0.25) is 0 Å². The van der Waals surface area contributed by atoms with E-state index in [4.69, 9.17) is 0 Å². The molecule has 1 aliphatic rings. The molecule has 1 aliphatic heterocycles. The van der Waals surface area contributed by atoms with Crippen LogP contribution in [0.5, 0.6) is 0 Å². The van der Waals surface area contributed by atoms with Crippen LogP contribution >= 0.6 is 0 Å². The Morgan fingerprint density at radius 1 is 1.57 bits per heavy atom. The van der Waals surface area contributed by atoms with Crippen LogP contribution in [0.4, 0.5) is 0 Å². The van der Waals surface area contributed by atoms with E-state index in [9.17, 15) is 0 Å². The van der Waals surface area contributed by atoms with Crippen LogP contribution in [-0.2, 0) is 0 Å². The molecule has 0 atom stereocenters. The third kappa shape index (κ3) is 4.65. The minimum absolute atomic E-state index is 0.308. The van der Waals surface area contributed by atoms with Crippen molar-refractivity contribution in [3.05, 3.63) is 22.3 Å². The Morgan fingerprint density at radius 3 is 2.71 bits per heavy atom. The van der Waals surface area contributed by atoms with Crippen molar-refractivity contribution in [3.63, 3.8) is 0 Å². The molecular formula is C12H21NSn. The van der Waals surface area contributed by atoms with Gasteiger partial charge in [0.2, 0.25) is 0 Å². The van der Waals surface area contributed by atoms with Crippen molar-refractivity contribution in [1.82, 2.24) is 4.90 Å². The van der Waals surface area contributed by atoms with E-state index < -0.39 is 0 Å². The van der Waals surface area contributed by atoms with Crippen LogP contribution in [0, 0.1) is 0 Å². The molecule has 0 saturated carbocycles. The number of rotatable bonds is 3. The van der Waals surface area contributed by atoms with Crippen molar-refractivity contribution < 1.29 is 0 Å². The third-order valence-corrected chi connectivity index (χ3v) is 6.57. The standard InChI is InChI=1S/C8H12N.C4H9.Sn/c1-2-6-9-7-4-3-5-8-9;1-4(2)3;/h2,4H,1,5-8H2;1-3H3;. The Hall–Kier alpha value is 0.239. The summed E-state index contributed by atoms with van der Waals surface area (Å²) < 4.78 is 2.41. The zero-order valence-electron chi connectivity index (χ0n) is 9.64. The molecule has 0 fully saturated rings. The second-order valence-corrected chi connectivity index (χ2v) is 11.7. The second-order valence-electron chi connectivity index (χ2n) is 4.90. The fourth-order valence-electron chi connectivity index (χ4n) is 1.65. The van der Waals surface area contributed by atoms with Gasteiger partial charge >= 0.3 is 98.6 Å². The van der Waals surface area contributed by atoms with E-state index in [1.54, 1.807) is 3.59 Å². The van der Waals surface area contributed by atoms with Crippen molar-refractivity contribution in [2.75, 3.05) is 19.6 Å². The first-order valence-corrected chi connectivity index (χ1v) is 8.17. The minimum atomic E-state index is -0.308. The molecule has 0 N–H and O–H groups in total. The van der Waals surface area contributed by atoms with Gasteiger partial charge in [-0.05, 0) is 0 Å². The van der Waals surface area contributed by atoms with Gasteiger partial charge in [-0.1, -0.05) is 0 Å². The Kier molecular flexibility index (Phi) is 4.71. The Labute approximate surface area is 98.5 Å². The zero-order valence-corrected chi connectivity index (χ0v) is 12.5. The van der Waals surface area contributed by atoms with Crippen molar-refractivity contribution in [2.45, 2.75) is 30.6 Å². The van der Waals surface area contributed by atoms with Crippen LogP contribution in [0.3, 0.4) is 0 Å². The first-order chi connectivity index (χ1) is 6.51. The molecule has 78 valence electrons. The molecule has 14 heavy (non-hydrogen) atoms. The molecule has 1 rings (SSSR count). The summed E-state index contributed by atoms with van der Waals surface area (Å²) in [5, 5.41) is 0. The predicted molar refractivity (Wildman–Crippen MR) is 64.8 cm³/mol. The van der Waals surface area contributed by atoms with E-state index in [-0.39, 0.29) is 21.1 Å². The number of hydrogen-bond donors (Lipinski definition) is 0. The summed E-state index contributed by atoms with van der Waals surface area (Å²) in [6.45, 7) is 14.4. The van der Waals surface area contributed by atoms with E-state index in [2.05, 4.69) is 38.3 Å². The molecule has 2 heteroatoms. The first kappa shape index (κ1) is 12.3. The van der Waals surface area contributed by atoms with Gasteiger partial charge in [0.05, 0.1) is 0 Å². The SMILES string of the molecule is C=CCN1CC=[C]([Sn][C](C)(C)C)CC1. The predicted octanol–water partition coefficient (Wildman–Crippen LogP) is 2.68. The Morgan fingerprint density at radius 2 is 2.29 bits per heavy atom. The molecule has 0 saturated heterocycles. The number of hydrogen-bond acceptors (Lipinski definition) is 1. The summed E-state index contributed by atoms with van der Waals surface area (Å²) in [6.07, 6.45) is 5.80. The summed E-state index contributed by atoms with van der Waals surface area (Å²) in [6, 6.07) is 0. The van der Waals surface area contributed by atoms with Crippen LogP contribution < -0.4 is 0 Å². The monoisotopic (exact) mass is 299 g/mol. The summed E-state index contributed by atoms with van der Waals surface area (Å²) in [4.78, 5) is 2.46. The summed E-state index contributed by atoms with van der Waals surface area (Å²) in [5.41, 5.74) is 0. The van der Waals surface area contributed by atoms with Gasteiger partial charge in [-0.2, -0.15) is 0 Å². The van der Waals surface area contributed by atoms with E-state index in [0.29, 0.717) is 3.43 Å². The summed E-state index contributed by atoms with van der Waals surface area (Å²) in [5.74, 6) is 0. The van der Waals surface area contributed by atoms with Gasteiger partial charge < -0.3 is 0 Å². The molecule has 0 spiro atoms. The maximum atomic E-state index is 3.78. The molecule has 0 amide bonds. The van der Waals surface area contributed by atoms with Crippen LogP contribution in [-0.4, -0.2) is 45.7 Å². The Bertz CT molecular complexity index is 225. The van der Waals surface area contributed by atoms with Gasteiger partial charge in [-0.15, -0.1) is 0 Å². The topological polar surface area (TPSA) is 3.24 Å². The molecule has 0 aromatic heterocycles. The molecule has 1 heterocycles. The van der Waals surface area contributed by atoms with Crippen molar-refractivity contribution in [3.8, 4) is 0 Å². The van der Waals surface area contributed by atoms with Gasteiger partial charge in [0.15, 0.2) is 0 Å². The van der Waals surface area contributed by atoms with Gasteiger partial charge in [0, 0.05) is 0 Å². The fourth-order valence-corrected chi connectivity index (χ4v) is 5.63. The quantitative estimate of drug-likeness (QED) is 0.572.